The smallest absolute Gasteiger partial charge is 0.137 e. The predicted octanol–water partition coefficient (Wildman–Crippen LogP) is 3.90. The number of hydrogen-bond donors (Lipinski definition) is 1. The minimum atomic E-state index is -1.01. The molecule has 122 valence electrons. The van der Waals surface area contributed by atoms with Gasteiger partial charge in [0.2, 0.25) is 0 Å². The zero-order valence-electron chi connectivity index (χ0n) is 13.1. The van der Waals surface area contributed by atoms with Crippen molar-refractivity contribution in [1.82, 2.24) is 14.8 Å². The average Bonchev–Trinajstić information content (AvgIpc) is 3.35. The zero-order chi connectivity index (χ0) is 16.6. The second-order valence-electron chi connectivity index (χ2n) is 6.35. The largest absolute Gasteiger partial charge is 0.383 e. The fourth-order valence-electron chi connectivity index (χ4n) is 3.23. The summed E-state index contributed by atoms with van der Waals surface area (Å²) in [6.45, 7) is 0.363. The first-order valence-electron chi connectivity index (χ1n) is 8.07. The Balaban J connectivity index is 1.71. The summed E-state index contributed by atoms with van der Waals surface area (Å²) in [6, 6.07) is 16.0. The van der Waals surface area contributed by atoms with Gasteiger partial charge in [0.15, 0.2) is 0 Å². The summed E-state index contributed by atoms with van der Waals surface area (Å²) in [5.74, 6) is 0.210. The van der Waals surface area contributed by atoms with E-state index in [-0.39, 0.29) is 5.92 Å². The van der Waals surface area contributed by atoms with Gasteiger partial charge in [-0.25, -0.2) is 9.67 Å². The highest BCUT2D eigenvalue weighted by Crippen LogP contribution is 2.48. The maximum Gasteiger partial charge on any atom is 0.137 e. The number of benzene rings is 2. The Hall–Kier alpha value is -2.17. The topological polar surface area (TPSA) is 50.9 Å². The van der Waals surface area contributed by atoms with E-state index in [9.17, 15) is 5.11 Å². The van der Waals surface area contributed by atoms with Gasteiger partial charge in [-0.05, 0) is 36.0 Å². The van der Waals surface area contributed by atoms with Gasteiger partial charge in [-0.3, -0.25) is 0 Å². The van der Waals surface area contributed by atoms with Crippen LogP contribution in [0.1, 0.15) is 18.4 Å². The molecule has 4 nitrogen and oxygen atoms in total. The Bertz CT molecular complexity index is 831. The molecule has 24 heavy (non-hydrogen) atoms. The maximum atomic E-state index is 11.4. The van der Waals surface area contributed by atoms with Crippen molar-refractivity contribution >= 4 is 11.6 Å². The van der Waals surface area contributed by atoms with Crippen molar-refractivity contribution in [2.45, 2.75) is 25.0 Å². The zero-order valence-corrected chi connectivity index (χ0v) is 13.9. The van der Waals surface area contributed by atoms with Crippen molar-refractivity contribution in [2.24, 2.45) is 5.92 Å². The number of aliphatic hydroxyl groups is 1. The molecule has 5 heteroatoms. The molecule has 2 aromatic carbocycles. The van der Waals surface area contributed by atoms with E-state index in [1.165, 1.54) is 6.33 Å². The van der Waals surface area contributed by atoms with Gasteiger partial charge in [0.05, 0.1) is 6.54 Å². The molecule has 1 aromatic heterocycles. The van der Waals surface area contributed by atoms with Crippen molar-refractivity contribution < 1.29 is 5.11 Å². The molecule has 1 atom stereocenters. The van der Waals surface area contributed by atoms with Crippen LogP contribution >= 0.6 is 11.6 Å². The lowest BCUT2D eigenvalue weighted by Crippen LogP contribution is -2.34. The molecule has 1 fully saturated rings. The van der Waals surface area contributed by atoms with Gasteiger partial charge >= 0.3 is 0 Å². The van der Waals surface area contributed by atoms with Crippen molar-refractivity contribution in [3.8, 4) is 11.1 Å². The fraction of sp³-hybridized carbons (Fsp3) is 0.263. The molecule has 3 aromatic rings. The Kier molecular flexibility index (Phi) is 3.87. The van der Waals surface area contributed by atoms with Crippen LogP contribution in [0.3, 0.4) is 0 Å². The van der Waals surface area contributed by atoms with E-state index < -0.39 is 5.60 Å². The SMILES string of the molecule is OC(Cn1cncn1)(c1ccc(-c2ccccc2)cc1Cl)C1CC1. The van der Waals surface area contributed by atoms with Gasteiger partial charge in [0.1, 0.15) is 18.3 Å². The van der Waals surface area contributed by atoms with Gasteiger partial charge in [-0.15, -0.1) is 0 Å². The summed E-state index contributed by atoms with van der Waals surface area (Å²) >= 11 is 6.57. The third-order valence-electron chi connectivity index (χ3n) is 4.66. The monoisotopic (exact) mass is 339 g/mol. The van der Waals surface area contributed by atoms with E-state index in [2.05, 4.69) is 10.1 Å². The van der Waals surface area contributed by atoms with E-state index in [0.29, 0.717) is 11.6 Å². The van der Waals surface area contributed by atoms with Crippen LogP contribution in [0.25, 0.3) is 11.1 Å². The van der Waals surface area contributed by atoms with Crippen LogP contribution in [0.2, 0.25) is 5.02 Å². The first kappa shape index (κ1) is 15.4. The van der Waals surface area contributed by atoms with Crippen LogP contribution in [0.5, 0.6) is 0 Å². The second kappa shape index (κ2) is 6.04. The highest BCUT2D eigenvalue weighted by atomic mass is 35.5. The van der Waals surface area contributed by atoms with Crippen molar-refractivity contribution in [3.63, 3.8) is 0 Å². The molecule has 1 N–H and O–H groups in total. The first-order valence-corrected chi connectivity index (χ1v) is 8.45. The molecule has 0 saturated heterocycles. The van der Waals surface area contributed by atoms with Crippen LogP contribution < -0.4 is 0 Å². The van der Waals surface area contributed by atoms with Gasteiger partial charge in [0, 0.05) is 10.6 Å². The lowest BCUT2D eigenvalue weighted by atomic mass is 9.87. The molecule has 1 heterocycles. The molecule has 0 aliphatic heterocycles. The normalized spacial score (nSPS) is 16.8. The third-order valence-corrected chi connectivity index (χ3v) is 4.98. The molecule has 0 radical (unpaired) electrons. The summed E-state index contributed by atoms with van der Waals surface area (Å²) < 4.78 is 1.67. The van der Waals surface area contributed by atoms with E-state index in [1.54, 1.807) is 11.0 Å². The molecule has 1 unspecified atom stereocenters. The van der Waals surface area contributed by atoms with Crippen LogP contribution in [0.4, 0.5) is 0 Å². The van der Waals surface area contributed by atoms with Crippen molar-refractivity contribution in [1.29, 1.82) is 0 Å². The van der Waals surface area contributed by atoms with Crippen LogP contribution in [-0.4, -0.2) is 19.9 Å². The summed E-state index contributed by atoms with van der Waals surface area (Å²) in [6.07, 6.45) is 5.11. The molecule has 4 rings (SSSR count). The Morgan fingerprint density at radius 2 is 1.92 bits per heavy atom. The van der Waals surface area contributed by atoms with Crippen LogP contribution in [0, 0.1) is 5.92 Å². The summed E-state index contributed by atoms with van der Waals surface area (Å²) in [5.41, 5.74) is 1.90. The van der Waals surface area contributed by atoms with E-state index in [4.69, 9.17) is 11.6 Å². The molecule has 1 saturated carbocycles. The molecule has 1 aliphatic rings. The fourth-order valence-corrected chi connectivity index (χ4v) is 3.58. The standard InChI is InChI=1S/C19H18ClN3O/c20-18-10-15(14-4-2-1-3-5-14)6-9-17(18)19(24,16-7-8-16)11-23-13-21-12-22-23/h1-6,9-10,12-13,16,24H,7-8,11H2. The van der Waals surface area contributed by atoms with Gasteiger partial charge in [0.25, 0.3) is 0 Å². The number of hydrogen-bond acceptors (Lipinski definition) is 3. The molecule has 1 aliphatic carbocycles. The Labute approximate surface area is 145 Å². The third kappa shape index (κ3) is 2.83. The lowest BCUT2D eigenvalue weighted by Gasteiger charge is -2.29. The highest BCUT2D eigenvalue weighted by Gasteiger charge is 2.46. The van der Waals surface area contributed by atoms with Gasteiger partial charge in [-0.2, -0.15) is 5.10 Å². The Morgan fingerprint density at radius 1 is 1.12 bits per heavy atom. The highest BCUT2D eigenvalue weighted by molar-refractivity contribution is 6.31. The predicted molar refractivity (Wildman–Crippen MR) is 93.5 cm³/mol. The summed E-state index contributed by atoms with van der Waals surface area (Å²) in [4.78, 5) is 3.96. The lowest BCUT2D eigenvalue weighted by molar-refractivity contribution is -0.00764. The minimum Gasteiger partial charge on any atom is -0.383 e. The van der Waals surface area contributed by atoms with Crippen molar-refractivity contribution in [2.75, 3.05) is 0 Å². The quantitative estimate of drug-likeness (QED) is 0.767. The van der Waals surface area contributed by atoms with E-state index in [0.717, 1.165) is 29.5 Å². The second-order valence-corrected chi connectivity index (χ2v) is 6.76. The molecule has 0 spiro atoms. The average molecular weight is 340 g/mol. The van der Waals surface area contributed by atoms with E-state index >= 15 is 0 Å². The number of nitrogens with zero attached hydrogens (tertiary/aromatic N) is 3. The van der Waals surface area contributed by atoms with Crippen LogP contribution in [-0.2, 0) is 12.1 Å². The molecule has 0 bridgehead atoms. The molecular formula is C19H18ClN3O. The maximum absolute atomic E-state index is 11.4. The molecule has 0 amide bonds. The van der Waals surface area contributed by atoms with Crippen molar-refractivity contribution in [3.05, 3.63) is 71.8 Å². The van der Waals surface area contributed by atoms with E-state index in [1.807, 2.05) is 48.5 Å². The number of halogens is 1. The summed E-state index contributed by atoms with van der Waals surface area (Å²) in [7, 11) is 0. The first-order chi connectivity index (χ1) is 11.7. The minimum absolute atomic E-state index is 0.210. The summed E-state index contributed by atoms with van der Waals surface area (Å²) in [5, 5.41) is 16.1. The molecular weight excluding hydrogens is 322 g/mol. The van der Waals surface area contributed by atoms with Crippen LogP contribution in [0.15, 0.2) is 61.2 Å². The number of rotatable bonds is 5. The Morgan fingerprint density at radius 3 is 2.54 bits per heavy atom. The van der Waals surface area contributed by atoms with Gasteiger partial charge in [-0.1, -0.05) is 54.1 Å². The number of aromatic nitrogens is 3. The van der Waals surface area contributed by atoms with Gasteiger partial charge < -0.3 is 5.11 Å².